The van der Waals surface area contributed by atoms with Gasteiger partial charge in [-0.3, -0.25) is 4.98 Å². The van der Waals surface area contributed by atoms with Gasteiger partial charge < -0.3 is 10.2 Å². The van der Waals surface area contributed by atoms with E-state index in [4.69, 9.17) is 0 Å². The Bertz CT molecular complexity index is 336. The van der Waals surface area contributed by atoms with Crippen LogP contribution in [0.2, 0.25) is 0 Å². The first-order valence-electron chi connectivity index (χ1n) is 7.28. The lowest BCUT2D eigenvalue weighted by Gasteiger charge is -2.20. The third-order valence-electron chi connectivity index (χ3n) is 3.45. The van der Waals surface area contributed by atoms with Crippen LogP contribution in [-0.2, 0) is 0 Å². The second kappa shape index (κ2) is 8.99. The summed E-state index contributed by atoms with van der Waals surface area (Å²) in [6, 6.07) is 3.46. The maximum absolute atomic E-state index is 12.8. The predicted octanol–water partition coefficient (Wildman–Crippen LogP) is 2.99. The monoisotopic (exact) mass is 267 g/mol. The summed E-state index contributed by atoms with van der Waals surface area (Å²) in [6.45, 7) is 10.8. The van der Waals surface area contributed by atoms with Crippen molar-refractivity contribution in [2.45, 2.75) is 39.7 Å². The van der Waals surface area contributed by atoms with Crippen LogP contribution in [0.3, 0.4) is 0 Å². The molecule has 0 spiro atoms. The van der Waals surface area contributed by atoms with Crippen LogP contribution >= 0.6 is 0 Å². The maximum atomic E-state index is 12.8. The van der Waals surface area contributed by atoms with Crippen molar-refractivity contribution in [2.24, 2.45) is 0 Å². The molecule has 0 radical (unpaired) electrons. The first-order chi connectivity index (χ1) is 9.21. The minimum absolute atomic E-state index is 0.220. The fraction of sp³-hybridized carbons (Fsp3) is 0.667. The number of aromatic nitrogens is 1. The average molecular weight is 267 g/mol. The minimum Gasteiger partial charge on any atom is -0.309 e. The lowest BCUT2D eigenvalue weighted by molar-refractivity contribution is 0.295. The average Bonchev–Trinajstić information content (AvgIpc) is 2.44. The van der Waals surface area contributed by atoms with Crippen LogP contribution in [0.25, 0.3) is 0 Å². The third-order valence-corrected chi connectivity index (χ3v) is 3.45. The fourth-order valence-electron chi connectivity index (χ4n) is 2.17. The van der Waals surface area contributed by atoms with E-state index >= 15 is 0 Å². The standard InChI is InChI=1S/C15H26FN3/c1-4-14(15-9-8-13(16)12-18-15)17-10-7-11-19(5-2)6-3/h8-9,12,14,17H,4-7,10-11H2,1-3H3. The van der Waals surface area contributed by atoms with Gasteiger partial charge in [-0.25, -0.2) is 4.39 Å². The summed E-state index contributed by atoms with van der Waals surface area (Å²) < 4.78 is 12.8. The summed E-state index contributed by atoms with van der Waals surface area (Å²) in [7, 11) is 0. The second-order valence-corrected chi connectivity index (χ2v) is 4.70. The Kier molecular flexibility index (Phi) is 7.60. The Balaban J connectivity index is 2.35. The molecule has 0 amide bonds. The minimum atomic E-state index is -0.278. The Morgan fingerprint density at radius 1 is 1.26 bits per heavy atom. The maximum Gasteiger partial charge on any atom is 0.141 e. The van der Waals surface area contributed by atoms with Crippen molar-refractivity contribution >= 4 is 0 Å². The summed E-state index contributed by atoms with van der Waals surface area (Å²) in [5.74, 6) is -0.278. The van der Waals surface area contributed by atoms with Gasteiger partial charge in [0.15, 0.2) is 0 Å². The molecule has 108 valence electrons. The Hall–Kier alpha value is -1.00. The first-order valence-corrected chi connectivity index (χ1v) is 7.28. The molecule has 0 aromatic carbocycles. The third kappa shape index (κ3) is 5.66. The van der Waals surface area contributed by atoms with Gasteiger partial charge in [0.25, 0.3) is 0 Å². The highest BCUT2D eigenvalue weighted by Gasteiger charge is 2.09. The van der Waals surface area contributed by atoms with Crippen molar-refractivity contribution in [1.82, 2.24) is 15.2 Å². The number of rotatable bonds is 9. The molecule has 1 aromatic rings. The van der Waals surface area contributed by atoms with E-state index in [1.807, 2.05) is 0 Å². The highest BCUT2D eigenvalue weighted by Crippen LogP contribution is 2.13. The van der Waals surface area contributed by atoms with Gasteiger partial charge in [-0.2, -0.15) is 0 Å². The Morgan fingerprint density at radius 3 is 2.53 bits per heavy atom. The van der Waals surface area contributed by atoms with Gasteiger partial charge in [-0.1, -0.05) is 20.8 Å². The normalized spacial score (nSPS) is 12.9. The van der Waals surface area contributed by atoms with Crippen molar-refractivity contribution in [2.75, 3.05) is 26.2 Å². The largest absolute Gasteiger partial charge is 0.309 e. The van der Waals surface area contributed by atoms with Gasteiger partial charge >= 0.3 is 0 Å². The molecule has 0 saturated carbocycles. The van der Waals surface area contributed by atoms with E-state index in [1.54, 1.807) is 6.07 Å². The van der Waals surface area contributed by atoms with Crippen LogP contribution in [0.1, 0.15) is 45.3 Å². The molecular formula is C15H26FN3. The van der Waals surface area contributed by atoms with Crippen LogP contribution in [0, 0.1) is 5.82 Å². The van der Waals surface area contributed by atoms with E-state index < -0.39 is 0 Å². The van der Waals surface area contributed by atoms with Crippen molar-refractivity contribution < 1.29 is 4.39 Å². The summed E-state index contributed by atoms with van der Waals surface area (Å²) in [4.78, 5) is 6.56. The van der Waals surface area contributed by atoms with E-state index in [1.165, 1.54) is 12.3 Å². The molecule has 3 nitrogen and oxygen atoms in total. The molecule has 1 aromatic heterocycles. The van der Waals surface area contributed by atoms with E-state index in [0.717, 1.165) is 44.7 Å². The van der Waals surface area contributed by atoms with Crippen molar-refractivity contribution in [1.29, 1.82) is 0 Å². The summed E-state index contributed by atoms with van der Waals surface area (Å²) in [6.07, 6.45) is 3.37. The number of hydrogen-bond donors (Lipinski definition) is 1. The van der Waals surface area contributed by atoms with Crippen LogP contribution in [0.4, 0.5) is 4.39 Å². The van der Waals surface area contributed by atoms with E-state index in [0.29, 0.717) is 0 Å². The van der Waals surface area contributed by atoms with Gasteiger partial charge in [0, 0.05) is 6.04 Å². The van der Waals surface area contributed by atoms with Crippen molar-refractivity contribution in [3.8, 4) is 0 Å². The second-order valence-electron chi connectivity index (χ2n) is 4.70. The predicted molar refractivity (Wildman–Crippen MR) is 77.6 cm³/mol. The number of pyridine rings is 1. The van der Waals surface area contributed by atoms with Gasteiger partial charge in [0.1, 0.15) is 5.82 Å². The summed E-state index contributed by atoms with van der Waals surface area (Å²) >= 11 is 0. The molecule has 0 aliphatic heterocycles. The zero-order valence-electron chi connectivity index (χ0n) is 12.3. The molecular weight excluding hydrogens is 241 g/mol. The lowest BCUT2D eigenvalue weighted by Crippen LogP contribution is -2.29. The molecule has 1 rings (SSSR count). The summed E-state index contributed by atoms with van der Waals surface area (Å²) in [5.41, 5.74) is 0.923. The van der Waals surface area contributed by atoms with Gasteiger partial charge in [0.2, 0.25) is 0 Å². The molecule has 1 unspecified atom stereocenters. The molecule has 1 atom stereocenters. The molecule has 0 aliphatic carbocycles. The first kappa shape index (κ1) is 16.1. The Morgan fingerprint density at radius 2 is 2.00 bits per heavy atom. The highest BCUT2D eigenvalue weighted by atomic mass is 19.1. The number of hydrogen-bond acceptors (Lipinski definition) is 3. The zero-order chi connectivity index (χ0) is 14.1. The highest BCUT2D eigenvalue weighted by molar-refractivity contribution is 5.09. The topological polar surface area (TPSA) is 28.2 Å². The van der Waals surface area contributed by atoms with Crippen LogP contribution in [0.5, 0.6) is 0 Å². The molecule has 19 heavy (non-hydrogen) atoms. The Labute approximate surface area is 116 Å². The van der Waals surface area contributed by atoms with Gasteiger partial charge in [-0.05, 0) is 51.2 Å². The van der Waals surface area contributed by atoms with Gasteiger partial charge in [-0.15, -0.1) is 0 Å². The molecule has 1 heterocycles. The van der Waals surface area contributed by atoms with E-state index in [9.17, 15) is 4.39 Å². The fourth-order valence-corrected chi connectivity index (χ4v) is 2.17. The van der Waals surface area contributed by atoms with Crippen LogP contribution in [0.15, 0.2) is 18.3 Å². The van der Waals surface area contributed by atoms with E-state index in [2.05, 4.69) is 36.0 Å². The van der Waals surface area contributed by atoms with Crippen LogP contribution < -0.4 is 5.32 Å². The molecule has 4 heteroatoms. The molecule has 0 aliphatic rings. The lowest BCUT2D eigenvalue weighted by atomic mass is 10.1. The van der Waals surface area contributed by atoms with Crippen molar-refractivity contribution in [3.05, 3.63) is 29.8 Å². The van der Waals surface area contributed by atoms with Crippen LogP contribution in [-0.4, -0.2) is 36.1 Å². The van der Waals surface area contributed by atoms with E-state index in [-0.39, 0.29) is 11.9 Å². The number of halogens is 1. The quantitative estimate of drug-likeness (QED) is 0.697. The molecule has 1 N–H and O–H groups in total. The summed E-state index contributed by atoms with van der Waals surface area (Å²) in [5, 5.41) is 3.50. The molecule has 0 fully saturated rings. The zero-order valence-corrected chi connectivity index (χ0v) is 12.3. The van der Waals surface area contributed by atoms with Crippen molar-refractivity contribution in [3.63, 3.8) is 0 Å². The number of nitrogens with one attached hydrogen (secondary N) is 1. The molecule has 0 bridgehead atoms. The SMILES string of the molecule is CCC(NCCCN(CC)CC)c1ccc(F)cn1. The smallest absolute Gasteiger partial charge is 0.141 e. The number of nitrogens with zero attached hydrogens (tertiary/aromatic N) is 2. The van der Waals surface area contributed by atoms with Gasteiger partial charge in [0.05, 0.1) is 11.9 Å². The molecule has 0 saturated heterocycles.